The Bertz CT molecular complexity index is 1260. The number of rotatable bonds is 4. The van der Waals surface area contributed by atoms with Gasteiger partial charge >= 0.3 is 0 Å². The second-order valence-electron chi connectivity index (χ2n) is 6.65. The first-order valence-corrected chi connectivity index (χ1v) is 9.30. The highest BCUT2D eigenvalue weighted by Crippen LogP contribution is 2.35. The molecule has 2 N–H and O–H groups in total. The Balaban J connectivity index is 1.58. The highest BCUT2D eigenvalue weighted by atomic mass is 16.5. The van der Waals surface area contributed by atoms with E-state index in [2.05, 4.69) is 16.2 Å². The number of nitrogens with zero attached hydrogens (tertiary/aromatic N) is 3. The molecule has 0 bridgehead atoms. The van der Waals surface area contributed by atoms with Crippen molar-refractivity contribution >= 4 is 16.9 Å². The number of nitrogen functional groups attached to an aromatic ring is 1. The van der Waals surface area contributed by atoms with Gasteiger partial charge in [0.2, 0.25) is 0 Å². The van der Waals surface area contributed by atoms with Gasteiger partial charge in [-0.1, -0.05) is 48.5 Å². The van der Waals surface area contributed by atoms with Crippen LogP contribution in [0.5, 0.6) is 11.5 Å². The third-order valence-corrected chi connectivity index (χ3v) is 4.79. The summed E-state index contributed by atoms with van der Waals surface area (Å²) in [6, 6.07) is 27.7. The highest BCUT2D eigenvalue weighted by Gasteiger charge is 2.16. The van der Waals surface area contributed by atoms with Crippen molar-refractivity contribution in [3.63, 3.8) is 0 Å². The maximum absolute atomic E-state index is 6.23. The lowest BCUT2D eigenvalue weighted by molar-refractivity contribution is 0.483. The lowest BCUT2D eigenvalue weighted by Gasteiger charge is -2.06. The number of fused-ring (bicyclic) bond motifs is 1. The number of benzene rings is 3. The van der Waals surface area contributed by atoms with Gasteiger partial charge in [-0.05, 0) is 42.0 Å². The first kappa shape index (κ1) is 17.0. The molecule has 0 unspecified atom stereocenters. The third kappa shape index (κ3) is 3.19. The summed E-state index contributed by atoms with van der Waals surface area (Å²) in [5.41, 5.74) is 10.0. The smallest absolute Gasteiger partial charge is 0.150 e. The minimum atomic E-state index is 0.462. The lowest BCUT2D eigenvalue weighted by Crippen LogP contribution is -1.96. The summed E-state index contributed by atoms with van der Waals surface area (Å²) >= 11 is 0. The first-order chi connectivity index (χ1) is 14.3. The molecular weight excluding hydrogens is 360 g/mol. The van der Waals surface area contributed by atoms with Crippen LogP contribution in [0.15, 0.2) is 97.5 Å². The molecule has 29 heavy (non-hydrogen) atoms. The van der Waals surface area contributed by atoms with E-state index < -0.39 is 0 Å². The molecule has 5 nitrogen and oxygen atoms in total. The third-order valence-electron chi connectivity index (χ3n) is 4.79. The molecule has 0 amide bonds. The topological polar surface area (TPSA) is 66.0 Å². The number of anilines is 1. The van der Waals surface area contributed by atoms with Crippen molar-refractivity contribution in [3.8, 4) is 28.3 Å². The fourth-order valence-electron chi connectivity index (χ4n) is 3.42. The quantitative estimate of drug-likeness (QED) is 0.451. The van der Waals surface area contributed by atoms with Crippen LogP contribution in [0.25, 0.3) is 27.8 Å². The van der Waals surface area contributed by atoms with Crippen LogP contribution >= 0.6 is 0 Å². The highest BCUT2D eigenvalue weighted by molar-refractivity contribution is 6.01. The summed E-state index contributed by atoms with van der Waals surface area (Å²) in [6.45, 7) is 0. The van der Waals surface area contributed by atoms with Gasteiger partial charge in [-0.25, -0.2) is 9.97 Å². The fraction of sp³-hybridized carbons (Fsp3) is 0. The van der Waals surface area contributed by atoms with Crippen LogP contribution in [0.3, 0.4) is 0 Å². The minimum Gasteiger partial charge on any atom is -0.457 e. The predicted molar refractivity (Wildman–Crippen MR) is 115 cm³/mol. The van der Waals surface area contributed by atoms with Gasteiger partial charge in [-0.2, -0.15) is 0 Å². The summed E-state index contributed by atoms with van der Waals surface area (Å²) < 4.78 is 7.94. The van der Waals surface area contributed by atoms with E-state index in [1.807, 2.05) is 89.5 Å². The molecule has 140 valence electrons. The molecule has 0 saturated carbocycles. The summed E-state index contributed by atoms with van der Waals surface area (Å²) in [5.74, 6) is 2.04. The summed E-state index contributed by atoms with van der Waals surface area (Å²) in [4.78, 5) is 8.69. The Kier molecular flexibility index (Phi) is 4.18. The number of ether oxygens (including phenoxy) is 1. The zero-order chi connectivity index (χ0) is 19.6. The monoisotopic (exact) mass is 378 g/mol. The van der Waals surface area contributed by atoms with Crippen LogP contribution in [-0.2, 0) is 0 Å². The van der Waals surface area contributed by atoms with E-state index in [4.69, 9.17) is 10.5 Å². The number of aromatic nitrogens is 3. The van der Waals surface area contributed by atoms with Gasteiger partial charge in [0.25, 0.3) is 0 Å². The Morgan fingerprint density at radius 3 is 2.10 bits per heavy atom. The first-order valence-electron chi connectivity index (χ1n) is 9.30. The summed E-state index contributed by atoms with van der Waals surface area (Å²) in [7, 11) is 0. The van der Waals surface area contributed by atoms with Gasteiger partial charge in [0.15, 0.2) is 5.65 Å². The van der Waals surface area contributed by atoms with Crippen molar-refractivity contribution in [2.45, 2.75) is 0 Å². The number of hydrogen-bond donors (Lipinski definition) is 1. The molecular formula is C24H18N4O. The molecule has 2 heterocycles. The minimum absolute atomic E-state index is 0.462. The maximum atomic E-state index is 6.23. The molecule has 0 aliphatic rings. The average Bonchev–Trinajstić information content (AvgIpc) is 3.17. The van der Waals surface area contributed by atoms with Crippen LogP contribution in [0.1, 0.15) is 0 Å². The molecule has 5 rings (SSSR count). The molecule has 0 radical (unpaired) electrons. The van der Waals surface area contributed by atoms with Gasteiger partial charge in [0.05, 0.1) is 5.39 Å². The van der Waals surface area contributed by atoms with E-state index in [9.17, 15) is 0 Å². The molecule has 3 aromatic carbocycles. The van der Waals surface area contributed by atoms with E-state index in [-0.39, 0.29) is 0 Å². The number of hydrogen-bond acceptors (Lipinski definition) is 4. The maximum Gasteiger partial charge on any atom is 0.150 e. The molecule has 5 aromatic rings. The SMILES string of the molecule is Nc1ncnc2c1c(-c1ccc(Oc3ccccc3)cc1)cn2-c1ccccc1. The van der Waals surface area contributed by atoms with Crippen molar-refractivity contribution in [2.24, 2.45) is 0 Å². The van der Waals surface area contributed by atoms with Crippen LogP contribution in [0.4, 0.5) is 5.82 Å². The fourth-order valence-corrected chi connectivity index (χ4v) is 3.42. The van der Waals surface area contributed by atoms with Gasteiger partial charge in [-0.15, -0.1) is 0 Å². The van der Waals surface area contributed by atoms with Crippen LogP contribution in [-0.4, -0.2) is 14.5 Å². The molecule has 0 aliphatic heterocycles. The van der Waals surface area contributed by atoms with E-state index in [0.29, 0.717) is 5.82 Å². The van der Waals surface area contributed by atoms with Crippen LogP contribution in [0, 0.1) is 0 Å². The van der Waals surface area contributed by atoms with E-state index in [1.54, 1.807) is 0 Å². The molecule has 0 aliphatic carbocycles. The molecule has 0 spiro atoms. The van der Waals surface area contributed by atoms with Crippen molar-refractivity contribution in [1.82, 2.24) is 14.5 Å². The standard InChI is InChI=1S/C24H18N4O/c25-23-22-21(15-28(24(22)27-16-26-23)18-7-3-1-4-8-18)17-11-13-20(14-12-17)29-19-9-5-2-6-10-19/h1-16H,(H2,25,26,27). The number of nitrogens with two attached hydrogens (primary N) is 1. The second-order valence-corrected chi connectivity index (χ2v) is 6.65. The molecule has 2 aromatic heterocycles. The number of para-hydroxylation sites is 2. The van der Waals surface area contributed by atoms with Crippen molar-refractivity contribution in [3.05, 3.63) is 97.5 Å². The largest absolute Gasteiger partial charge is 0.457 e. The van der Waals surface area contributed by atoms with Crippen molar-refractivity contribution in [2.75, 3.05) is 5.73 Å². The Morgan fingerprint density at radius 2 is 1.38 bits per heavy atom. The molecule has 5 heteroatoms. The van der Waals surface area contributed by atoms with Crippen LogP contribution in [0.2, 0.25) is 0 Å². The Labute approximate surface area is 168 Å². The molecule has 0 saturated heterocycles. The summed E-state index contributed by atoms with van der Waals surface area (Å²) in [6.07, 6.45) is 3.55. The zero-order valence-corrected chi connectivity index (χ0v) is 15.6. The lowest BCUT2D eigenvalue weighted by atomic mass is 10.1. The van der Waals surface area contributed by atoms with Gasteiger partial charge in [0, 0.05) is 17.4 Å². The van der Waals surface area contributed by atoms with Crippen LogP contribution < -0.4 is 10.5 Å². The van der Waals surface area contributed by atoms with E-state index in [1.165, 1.54) is 6.33 Å². The van der Waals surface area contributed by atoms with E-state index >= 15 is 0 Å². The predicted octanol–water partition coefficient (Wildman–Crippen LogP) is 5.46. The van der Waals surface area contributed by atoms with Crippen molar-refractivity contribution in [1.29, 1.82) is 0 Å². The normalized spacial score (nSPS) is 10.9. The zero-order valence-electron chi connectivity index (χ0n) is 15.6. The van der Waals surface area contributed by atoms with E-state index in [0.717, 1.165) is 39.3 Å². The second kappa shape index (κ2) is 7.13. The molecule has 0 fully saturated rings. The van der Waals surface area contributed by atoms with Gasteiger partial charge in [-0.3, -0.25) is 0 Å². The van der Waals surface area contributed by atoms with Gasteiger partial charge in [0.1, 0.15) is 23.6 Å². The van der Waals surface area contributed by atoms with Gasteiger partial charge < -0.3 is 15.0 Å². The summed E-state index contributed by atoms with van der Waals surface area (Å²) in [5, 5.41) is 0.841. The average molecular weight is 378 g/mol. The van der Waals surface area contributed by atoms with Crippen molar-refractivity contribution < 1.29 is 4.74 Å². The molecule has 0 atom stereocenters. The Hall–Kier alpha value is -4.12. The Morgan fingerprint density at radius 1 is 0.724 bits per heavy atom.